The molecule has 1 aliphatic carbocycles. The van der Waals surface area contributed by atoms with Gasteiger partial charge >= 0.3 is 25.8 Å². The van der Waals surface area contributed by atoms with E-state index in [1.54, 1.807) is 0 Å². The molecule has 197 valence electrons. The second-order valence-corrected chi connectivity index (χ2v) is 10.6. The van der Waals surface area contributed by atoms with E-state index in [0.29, 0.717) is 12.5 Å². The first kappa shape index (κ1) is 40.0. The molecule has 3 rings (SSSR count). The van der Waals surface area contributed by atoms with Crippen molar-refractivity contribution in [2.24, 2.45) is 5.92 Å². The molecular formula is C31H46Cl2HfNSi. The maximum Gasteiger partial charge on any atom is 4.00 e. The first-order chi connectivity index (χ1) is 16.0. The van der Waals surface area contributed by atoms with Gasteiger partial charge in [-0.05, 0) is 0 Å². The normalized spacial score (nSPS) is 13.5. The SMILES string of the molecule is CC1=[C-]C(C)C(C)=C1C.CCCCCCCCCC[NH-].[Cl-].[Cl-].[Hf+4].c1ccc([SiH]c2ccccc2)cc1. The molecule has 1 radical (unpaired) electrons. The quantitative estimate of drug-likeness (QED) is 0.205. The van der Waals surface area contributed by atoms with Crippen LogP contribution < -0.4 is 35.2 Å². The molecule has 1 aliphatic rings. The molecule has 0 aliphatic heterocycles. The molecule has 0 bridgehead atoms. The van der Waals surface area contributed by atoms with Crippen LogP contribution in [0.5, 0.6) is 0 Å². The Hall–Kier alpha value is -0.453. The Labute approximate surface area is 256 Å². The van der Waals surface area contributed by atoms with Gasteiger partial charge in [0.25, 0.3) is 0 Å². The van der Waals surface area contributed by atoms with E-state index < -0.39 is 0 Å². The third-order valence-corrected chi connectivity index (χ3v) is 7.64. The molecule has 0 heterocycles. The Morgan fingerprint density at radius 2 is 1.14 bits per heavy atom. The van der Waals surface area contributed by atoms with Crippen LogP contribution in [0.4, 0.5) is 0 Å². The van der Waals surface area contributed by atoms with Gasteiger partial charge in [-0.1, -0.05) is 156 Å². The number of unbranched alkanes of at least 4 members (excludes halogenated alkanes) is 7. The number of benzene rings is 2. The van der Waals surface area contributed by atoms with Gasteiger partial charge in [0.15, 0.2) is 0 Å². The van der Waals surface area contributed by atoms with E-state index in [9.17, 15) is 0 Å². The van der Waals surface area contributed by atoms with E-state index in [1.807, 2.05) is 0 Å². The van der Waals surface area contributed by atoms with E-state index in [-0.39, 0.29) is 60.2 Å². The van der Waals surface area contributed by atoms with Gasteiger partial charge in [0.2, 0.25) is 0 Å². The van der Waals surface area contributed by atoms with E-state index in [2.05, 4.69) is 101 Å². The monoisotopic (exact) mass is 710 g/mol. The zero-order valence-corrected chi connectivity index (χ0v) is 29.3. The minimum absolute atomic E-state index is 0. The molecule has 1 unspecified atom stereocenters. The van der Waals surface area contributed by atoms with Crippen LogP contribution in [-0.4, -0.2) is 16.1 Å². The summed E-state index contributed by atoms with van der Waals surface area (Å²) in [5, 5.41) is 2.90. The largest absolute Gasteiger partial charge is 4.00 e. The predicted octanol–water partition coefficient (Wildman–Crippen LogP) is 1.98. The van der Waals surface area contributed by atoms with E-state index in [0.717, 1.165) is 6.42 Å². The zero-order valence-electron chi connectivity index (χ0n) is 23.0. The fourth-order valence-electron chi connectivity index (χ4n) is 3.71. The van der Waals surface area contributed by atoms with Gasteiger partial charge in [0, 0.05) is 0 Å². The summed E-state index contributed by atoms with van der Waals surface area (Å²) < 4.78 is 0. The number of nitrogens with one attached hydrogen (secondary N) is 1. The van der Waals surface area contributed by atoms with Crippen molar-refractivity contribution in [2.75, 3.05) is 6.54 Å². The summed E-state index contributed by atoms with van der Waals surface area (Å²) in [4.78, 5) is 0. The second kappa shape index (κ2) is 26.2. The van der Waals surface area contributed by atoms with Crippen molar-refractivity contribution in [1.82, 2.24) is 0 Å². The van der Waals surface area contributed by atoms with Crippen LogP contribution in [0, 0.1) is 12.0 Å². The molecule has 2 aromatic rings. The van der Waals surface area contributed by atoms with Gasteiger partial charge in [-0.25, -0.2) is 5.57 Å². The van der Waals surface area contributed by atoms with Crippen LogP contribution in [0.15, 0.2) is 77.4 Å². The van der Waals surface area contributed by atoms with Crippen LogP contribution in [0.1, 0.15) is 86.0 Å². The summed E-state index contributed by atoms with van der Waals surface area (Å²) >= 11 is 0. The predicted molar refractivity (Wildman–Crippen MR) is 151 cm³/mol. The molecule has 1 atom stereocenters. The van der Waals surface area contributed by atoms with Gasteiger partial charge in [0.05, 0.1) is 0 Å². The van der Waals surface area contributed by atoms with Crippen molar-refractivity contribution in [1.29, 1.82) is 0 Å². The van der Waals surface area contributed by atoms with Crippen LogP contribution in [-0.2, 0) is 25.8 Å². The van der Waals surface area contributed by atoms with Crippen LogP contribution in [0.3, 0.4) is 0 Å². The number of allylic oxidation sites excluding steroid dienone is 4. The van der Waals surface area contributed by atoms with Crippen molar-refractivity contribution in [3.8, 4) is 0 Å². The Morgan fingerprint density at radius 1 is 0.722 bits per heavy atom. The fraction of sp³-hybridized carbons (Fsp3) is 0.484. The molecule has 5 heteroatoms. The summed E-state index contributed by atoms with van der Waals surface area (Å²) in [6.45, 7) is 11.5. The van der Waals surface area contributed by atoms with E-state index >= 15 is 0 Å². The smallest absolute Gasteiger partial charge is 1.00 e. The molecule has 0 aromatic heterocycles. The van der Waals surface area contributed by atoms with Crippen molar-refractivity contribution in [3.63, 3.8) is 0 Å². The Bertz CT molecular complexity index is 764. The first-order valence-electron chi connectivity index (χ1n) is 12.9. The molecule has 2 aromatic carbocycles. The minimum atomic E-state index is 0. The average Bonchev–Trinajstić information content (AvgIpc) is 3.06. The van der Waals surface area contributed by atoms with Crippen molar-refractivity contribution < 1.29 is 50.7 Å². The summed E-state index contributed by atoms with van der Waals surface area (Å²) in [5.74, 6) is 0.560. The molecular weight excluding hydrogens is 664 g/mol. The molecule has 0 amide bonds. The Kier molecular flexibility index (Phi) is 29.1. The third kappa shape index (κ3) is 18.7. The molecule has 1 nitrogen and oxygen atoms in total. The van der Waals surface area contributed by atoms with Gasteiger partial charge in [-0.3, -0.25) is 6.08 Å². The zero-order chi connectivity index (χ0) is 24.3. The van der Waals surface area contributed by atoms with E-state index in [1.165, 1.54) is 72.0 Å². The number of rotatable bonds is 10. The minimum Gasteiger partial charge on any atom is -1.00 e. The van der Waals surface area contributed by atoms with Crippen LogP contribution in [0.25, 0.3) is 5.73 Å². The Morgan fingerprint density at radius 3 is 1.44 bits per heavy atom. The molecule has 0 saturated carbocycles. The van der Waals surface area contributed by atoms with E-state index in [4.69, 9.17) is 5.73 Å². The molecule has 1 N–H and O–H groups in total. The van der Waals surface area contributed by atoms with Crippen LogP contribution in [0.2, 0.25) is 0 Å². The summed E-state index contributed by atoms with van der Waals surface area (Å²) in [6.07, 6.45) is 14.0. The standard InChI is InChI=1S/C12H11Si.C10H22N.C9H13.2ClH.Hf/c1-3-7-11(8-4-1)13-12-9-5-2-6-10-12;1-2-3-4-5-6-7-8-9-10-11;1-6-5-7(2)9(4)8(6)3;;;/h1-10,13H;11H,2-10H2,1H3;6H,1-4H3;2*1H;/q;2*-1;;;+4/p-2. The molecule has 0 spiro atoms. The fourth-order valence-corrected chi connectivity index (χ4v) is 4.93. The van der Waals surface area contributed by atoms with Crippen molar-refractivity contribution in [3.05, 3.63) is 89.2 Å². The maximum atomic E-state index is 6.95. The second-order valence-electron chi connectivity index (χ2n) is 8.99. The topological polar surface area (TPSA) is 23.8 Å². The van der Waals surface area contributed by atoms with Gasteiger partial charge in [0.1, 0.15) is 9.52 Å². The number of hydrogen-bond donors (Lipinski definition) is 0. The van der Waals surface area contributed by atoms with Gasteiger partial charge in [-0.15, -0.1) is 6.92 Å². The molecule has 0 fully saturated rings. The van der Waals surface area contributed by atoms with Gasteiger partial charge in [-0.2, -0.15) is 17.7 Å². The number of halogens is 2. The first-order valence-corrected chi connectivity index (χ1v) is 14.0. The summed E-state index contributed by atoms with van der Waals surface area (Å²) in [5.41, 5.74) is 11.2. The molecule has 0 saturated heterocycles. The van der Waals surface area contributed by atoms with Crippen LogP contribution >= 0.6 is 0 Å². The third-order valence-electron chi connectivity index (χ3n) is 6.20. The van der Waals surface area contributed by atoms with Crippen molar-refractivity contribution >= 4 is 19.9 Å². The molecule has 36 heavy (non-hydrogen) atoms. The Balaban J connectivity index is -0.000000443. The van der Waals surface area contributed by atoms with Gasteiger partial charge < -0.3 is 30.5 Å². The summed E-state index contributed by atoms with van der Waals surface area (Å²) in [7, 11) is 0.271. The van der Waals surface area contributed by atoms with Crippen molar-refractivity contribution in [2.45, 2.75) is 86.0 Å². The summed E-state index contributed by atoms with van der Waals surface area (Å²) in [6, 6.07) is 21.3. The maximum absolute atomic E-state index is 6.95. The average molecular weight is 710 g/mol. The number of hydrogen-bond acceptors (Lipinski definition) is 0.